The summed E-state index contributed by atoms with van der Waals surface area (Å²) >= 11 is 0. The molecule has 0 saturated heterocycles. The standard InChI is InChI=1S/C10H9F2NO4/c1-5(14)13-6-2-3-8(17-10(11)12)7(4-6)9(15)16/h2-4,10H,1H3,(H,13,14)(H,15,16). The first kappa shape index (κ1) is 12.9. The lowest BCUT2D eigenvalue weighted by Gasteiger charge is -2.09. The number of anilines is 1. The van der Waals surface area contributed by atoms with Crippen molar-refractivity contribution in [3.05, 3.63) is 23.8 Å². The molecule has 1 aromatic carbocycles. The lowest BCUT2D eigenvalue weighted by molar-refractivity contribution is -0.114. The smallest absolute Gasteiger partial charge is 0.387 e. The van der Waals surface area contributed by atoms with Gasteiger partial charge in [-0.2, -0.15) is 8.78 Å². The molecule has 0 radical (unpaired) electrons. The molecular formula is C10H9F2NO4. The van der Waals surface area contributed by atoms with Crippen LogP contribution in [0.5, 0.6) is 5.75 Å². The van der Waals surface area contributed by atoms with Gasteiger partial charge in [0, 0.05) is 12.6 Å². The Balaban J connectivity index is 3.08. The number of hydrogen-bond donors (Lipinski definition) is 2. The minimum absolute atomic E-state index is 0.191. The van der Waals surface area contributed by atoms with E-state index < -0.39 is 29.8 Å². The third-order valence-corrected chi connectivity index (χ3v) is 1.75. The number of carboxylic acid groups (broad SMARTS) is 1. The molecule has 0 aliphatic heterocycles. The number of rotatable bonds is 4. The fourth-order valence-electron chi connectivity index (χ4n) is 1.18. The van der Waals surface area contributed by atoms with Crippen LogP contribution >= 0.6 is 0 Å². The van der Waals surface area contributed by atoms with Gasteiger partial charge in [-0.15, -0.1) is 0 Å². The number of carbonyl (C=O) groups is 2. The lowest BCUT2D eigenvalue weighted by atomic mass is 10.2. The van der Waals surface area contributed by atoms with E-state index in [1.165, 1.54) is 13.0 Å². The van der Waals surface area contributed by atoms with Crippen LogP contribution in [0.15, 0.2) is 18.2 Å². The van der Waals surface area contributed by atoms with Crippen LogP contribution < -0.4 is 10.1 Å². The third kappa shape index (κ3) is 3.71. The van der Waals surface area contributed by atoms with Gasteiger partial charge in [-0.25, -0.2) is 4.79 Å². The number of alkyl halides is 2. The maximum atomic E-state index is 12.0. The molecule has 17 heavy (non-hydrogen) atoms. The second-order valence-electron chi connectivity index (χ2n) is 3.08. The number of ether oxygens (including phenoxy) is 1. The average Bonchev–Trinajstić information content (AvgIpc) is 2.18. The van der Waals surface area contributed by atoms with Gasteiger partial charge in [0.25, 0.3) is 0 Å². The van der Waals surface area contributed by atoms with E-state index in [2.05, 4.69) is 10.1 Å². The van der Waals surface area contributed by atoms with E-state index in [1.54, 1.807) is 0 Å². The summed E-state index contributed by atoms with van der Waals surface area (Å²) in [6.07, 6.45) is 0. The zero-order valence-corrected chi connectivity index (χ0v) is 8.74. The third-order valence-electron chi connectivity index (χ3n) is 1.75. The molecule has 0 spiro atoms. The molecule has 7 heteroatoms. The van der Waals surface area contributed by atoms with E-state index >= 15 is 0 Å². The monoisotopic (exact) mass is 245 g/mol. The summed E-state index contributed by atoms with van der Waals surface area (Å²) in [6, 6.07) is 3.37. The topological polar surface area (TPSA) is 75.6 Å². The maximum absolute atomic E-state index is 12.0. The van der Waals surface area contributed by atoms with Crippen molar-refractivity contribution in [1.29, 1.82) is 0 Å². The molecule has 0 heterocycles. The molecule has 0 fully saturated rings. The van der Waals surface area contributed by atoms with E-state index in [1.807, 2.05) is 0 Å². The lowest BCUT2D eigenvalue weighted by Crippen LogP contribution is -2.10. The Morgan fingerprint density at radius 3 is 2.53 bits per heavy atom. The number of carbonyl (C=O) groups excluding carboxylic acids is 1. The van der Waals surface area contributed by atoms with Gasteiger partial charge in [0.05, 0.1) is 0 Å². The van der Waals surface area contributed by atoms with Gasteiger partial charge in [-0.1, -0.05) is 0 Å². The van der Waals surface area contributed by atoms with E-state index in [-0.39, 0.29) is 5.69 Å². The molecule has 1 rings (SSSR count). The van der Waals surface area contributed by atoms with Crippen molar-refractivity contribution in [2.24, 2.45) is 0 Å². The van der Waals surface area contributed by atoms with Crippen molar-refractivity contribution in [2.75, 3.05) is 5.32 Å². The van der Waals surface area contributed by atoms with Crippen molar-refractivity contribution in [3.8, 4) is 5.75 Å². The Hall–Kier alpha value is -2.18. The predicted octanol–water partition coefficient (Wildman–Crippen LogP) is 1.94. The van der Waals surface area contributed by atoms with Crippen LogP contribution in [0.25, 0.3) is 0 Å². The summed E-state index contributed by atoms with van der Waals surface area (Å²) in [5.74, 6) is -2.28. The molecule has 1 amide bonds. The highest BCUT2D eigenvalue weighted by Crippen LogP contribution is 2.24. The van der Waals surface area contributed by atoms with Crippen LogP contribution in [-0.2, 0) is 4.79 Å². The normalized spacial score (nSPS) is 10.1. The Morgan fingerprint density at radius 1 is 1.41 bits per heavy atom. The van der Waals surface area contributed by atoms with Crippen LogP contribution in [-0.4, -0.2) is 23.6 Å². The van der Waals surface area contributed by atoms with Crippen LogP contribution in [0.2, 0.25) is 0 Å². The molecule has 1 aromatic rings. The summed E-state index contributed by atoms with van der Waals surface area (Å²) in [5.41, 5.74) is -0.256. The SMILES string of the molecule is CC(=O)Nc1ccc(OC(F)F)c(C(=O)O)c1. The molecule has 2 N–H and O–H groups in total. The van der Waals surface area contributed by atoms with Crippen molar-refractivity contribution in [1.82, 2.24) is 0 Å². The largest absolute Gasteiger partial charge is 0.478 e. The zero-order valence-electron chi connectivity index (χ0n) is 8.74. The Morgan fingerprint density at radius 2 is 2.06 bits per heavy atom. The maximum Gasteiger partial charge on any atom is 0.387 e. The van der Waals surface area contributed by atoms with Gasteiger partial charge in [0.2, 0.25) is 5.91 Å². The van der Waals surface area contributed by atoms with Gasteiger partial charge in [0.1, 0.15) is 11.3 Å². The quantitative estimate of drug-likeness (QED) is 0.849. The Labute approximate surface area is 95.0 Å². The van der Waals surface area contributed by atoms with Gasteiger partial charge >= 0.3 is 12.6 Å². The Kier molecular flexibility index (Phi) is 3.97. The minimum Gasteiger partial charge on any atom is -0.478 e. The molecule has 0 saturated carbocycles. The second kappa shape index (κ2) is 5.24. The number of nitrogens with one attached hydrogen (secondary N) is 1. The van der Waals surface area contributed by atoms with Gasteiger partial charge < -0.3 is 15.2 Å². The van der Waals surface area contributed by atoms with E-state index in [4.69, 9.17) is 5.11 Å². The molecule has 5 nitrogen and oxygen atoms in total. The first-order valence-corrected chi connectivity index (χ1v) is 4.50. The molecule has 0 unspecified atom stereocenters. The summed E-state index contributed by atoms with van der Waals surface area (Å²) in [6.45, 7) is -1.87. The highest BCUT2D eigenvalue weighted by molar-refractivity contribution is 5.95. The van der Waals surface area contributed by atoms with Crippen LogP contribution in [0.3, 0.4) is 0 Å². The van der Waals surface area contributed by atoms with Crippen LogP contribution in [0.1, 0.15) is 17.3 Å². The number of hydrogen-bond acceptors (Lipinski definition) is 3. The number of amides is 1. The van der Waals surface area contributed by atoms with Gasteiger partial charge in [0.15, 0.2) is 0 Å². The minimum atomic E-state index is -3.11. The molecule has 0 bridgehead atoms. The second-order valence-corrected chi connectivity index (χ2v) is 3.08. The summed E-state index contributed by atoms with van der Waals surface area (Å²) < 4.78 is 28.0. The molecule has 0 aliphatic rings. The molecule has 92 valence electrons. The van der Waals surface area contributed by atoms with Crippen molar-refractivity contribution in [3.63, 3.8) is 0 Å². The molecule has 0 aliphatic carbocycles. The number of benzene rings is 1. The van der Waals surface area contributed by atoms with Gasteiger partial charge in [-0.05, 0) is 18.2 Å². The molecule has 0 atom stereocenters. The number of aromatic carboxylic acids is 1. The average molecular weight is 245 g/mol. The van der Waals surface area contributed by atoms with E-state index in [0.717, 1.165) is 12.1 Å². The molecular weight excluding hydrogens is 236 g/mol. The number of halogens is 2. The van der Waals surface area contributed by atoms with Crippen LogP contribution in [0, 0.1) is 0 Å². The predicted molar refractivity (Wildman–Crippen MR) is 54.3 cm³/mol. The van der Waals surface area contributed by atoms with Gasteiger partial charge in [-0.3, -0.25) is 4.79 Å². The number of carboxylic acids is 1. The highest BCUT2D eigenvalue weighted by atomic mass is 19.3. The van der Waals surface area contributed by atoms with E-state index in [0.29, 0.717) is 0 Å². The Bertz CT molecular complexity index is 448. The van der Waals surface area contributed by atoms with E-state index in [9.17, 15) is 18.4 Å². The summed E-state index contributed by atoms with van der Waals surface area (Å²) in [4.78, 5) is 21.6. The fourth-order valence-corrected chi connectivity index (χ4v) is 1.18. The zero-order chi connectivity index (χ0) is 13.0. The first-order valence-electron chi connectivity index (χ1n) is 4.50. The summed E-state index contributed by atoms with van der Waals surface area (Å²) in [5, 5.41) is 11.1. The van der Waals surface area contributed by atoms with Crippen LogP contribution in [0.4, 0.5) is 14.5 Å². The first-order chi connectivity index (χ1) is 7.90. The highest BCUT2D eigenvalue weighted by Gasteiger charge is 2.15. The van der Waals surface area contributed by atoms with Crippen molar-refractivity contribution in [2.45, 2.75) is 13.5 Å². The van der Waals surface area contributed by atoms with Crippen molar-refractivity contribution < 1.29 is 28.2 Å². The summed E-state index contributed by atoms with van der Waals surface area (Å²) in [7, 11) is 0. The fraction of sp³-hybridized carbons (Fsp3) is 0.200. The molecule has 0 aromatic heterocycles. The van der Waals surface area contributed by atoms with Crippen molar-refractivity contribution >= 4 is 17.6 Å².